The number of nitrogens with zero attached hydrogens (tertiary/aromatic N) is 1. The number of nitrogens with two attached hydrogens (primary N) is 1. The molecule has 0 aromatic heterocycles. The van der Waals surface area contributed by atoms with Gasteiger partial charge in [0.15, 0.2) is 0 Å². The van der Waals surface area contributed by atoms with Gasteiger partial charge >= 0.3 is 0 Å². The second kappa shape index (κ2) is 4.85. The number of ether oxygens (including phenoxy) is 1. The van der Waals surface area contributed by atoms with E-state index < -0.39 is 0 Å². The van der Waals surface area contributed by atoms with E-state index in [1.165, 1.54) is 12.0 Å². The largest absolute Gasteiger partial charge is 0.497 e. The molecule has 2 atom stereocenters. The number of hydrogen-bond acceptors (Lipinski definition) is 3. The normalized spacial score (nSPS) is 26.7. The monoisotopic (exact) mass is 220 g/mol. The van der Waals surface area contributed by atoms with E-state index in [2.05, 4.69) is 24.1 Å². The summed E-state index contributed by atoms with van der Waals surface area (Å²) in [5, 5.41) is 0. The van der Waals surface area contributed by atoms with E-state index in [4.69, 9.17) is 10.5 Å². The third-order valence-corrected chi connectivity index (χ3v) is 3.39. The summed E-state index contributed by atoms with van der Waals surface area (Å²) in [6.07, 6.45) is 2.31. The van der Waals surface area contributed by atoms with E-state index in [9.17, 15) is 0 Å². The molecule has 1 saturated heterocycles. The molecule has 88 valence electrons. The highest BCUT2D eigenvalue weighted by Gasteiger charge is 2.27. The van der Waals surface area contributed by atoms with Gasteiger partial charge in [-0.15, -0.1) is 0 Å². The summed E-state index contributed by atoms with van der Waals surface area (Å²) in [7, 11) is 3.83. The van der Waals surface area contributed by atoms with Crippen molar-refractivity contribution >= 4 is 0 Å². The number of likely N-dealkylation sites (N-methyl/N-ethyl adjacent to an activating group) is 1. The van der Waals surface area contributed by atoms with E-state index in [0.717, 1.165) is 18.7 Å². The van der Waals surface area contributed by atoms with E-state index in [0.29, 0.717) is 6.04 Å². The Labute approximate surface area is 97.2 Å². The fourth-order valence-corrected chi connectivity index (χ4v) is 2.50. The smallest absolute Gasteiger partial charge is 0.118 e. The Morgan fingerprint density at radius 1 is 1.31 bits per heavy atom. The summed E-state index contributed by atoms with van der Waals surface area (Å²) in [5.41, 5.74) is 7.49. The Bertz CT molecular complexity index is 326. The summed E-state index contributed by atoms with van der Waals surface area (Å²) >= 11 is 0. The second-order valence-corrected chi connectivity index (χ2v) is 4.50. The standard InChI is InChI=1S/C13H20N2O/c1-15-9-3-4-12(14)13(15)10-5-7-11(16-2)8-6-10/h5-8,12-13H,3-4,9,14H2,1-2H3. The minimum atomic E-state index is 0.243. The van der Waals surface area contributed by atoms with Gasteiger partial charge in [-0.2, -0.15) is 0 Å². The third-order valence-electron chi connectivity index (χ3n) is 3.39. The van der Waals surface area contributed by atoms with Crippen molar-refractivity contribution in [3.63, 3.8) is 0 Å². The molecule has 3 heteroatoms. The zero-order valence-electron chi connectivity index (χ0n) is 10.0. The maximum Gasteiger partial charge on any atom is 0.118 e. The van der Waals surface area contributed by atoms with Crippen LogP contribution in [0.25, 0.3) is 0 Å². The van der Waals surface area contributed by atoms with E-state index >= 15 is 0 Å². The molecule has 1 heterocycles. The third kappa shape index (κ3) is 2.20. The average Bonchev–Trinajstić information content (AvgIpc) is 2.30. The second-order valence-electron chi connectivity index (χ2n) is 4.50. The van der Waals surface area contributed by atoms with E-state index in [1.54, 1.807) is 7.11 Å². The fraction of sp³-hybridized carbons (Fsp3) is 0.538. The minimum absolute atomic E-state index is 0.243. The van der Waals surface area contributed by atoms with Crippen LogP contribution in [-0.2, 0) is 0 Å². The van der Waals surface area contributed by atoms with Crippen LogP contribution in [-0.4, -0.2) is 31.6 Å². The van der Waals surface area contributed by atoms with Gasteiger partial charge in [-0.25, -0.2) is 0 Å². The number of piperidine rings is 1. The van der Waals surface area contributed by atoms with Crippen molar-refractivity contribution < 1.29 is 4.74 Å². The van der Waals surface area contributed by atoms with Crippen LogP contribution in [0.5, 0.6) is 5.75 Å². The maximum absolute atomic E-state index is 6.20. The summed E-state index contributed by atoms with van der Waals surface area (Å²) in [5.74, 6) is 0.899. The van der Waals surface area contributed by atoms with Gasteiger partial charge in [0.1, 0.15) is 5.75 Å². The lowest BCUT2D eigenvalue weighted by Gasteiger charge is -2.37. The van der Waals surface area contributed by atoms with Crippen LogP contribution >= 0.6 is 0 Å². The van der Waals surface area contributed by atoms with Gasteiger partial charge in [-0.3, -0.25) is 4.90 Å². The summed E-state index contributed by atoms with van der Waals surface area (Å²) in [4.78, 5) is 2.34. The highest BCUT2D eigenvalue weighted by atomic mass is 16.5. The van der Waals surface area contributed by atoms with Gasteiger partial charge in [-0.1, -0.05) is 12.1 Å². The molecule has 0 spiro atoms. The lowest BCUT2D eigenvalue weighted by molar-refractivity contribution is 0.163. The molecule has 1 aromatic carbocycles. The molecule has 0 saturated carbocycles. The lowest BCUT2D eigenvalue weighted by Crippen LogP contribution is -2.43. The van der Waals surface area contributed by atoms with Gasteiger partial charge in [0.05, 0.1) is 7.11 Å². The van der Waals surface area contributed by atoms with E-state index in [1.807, 2.05) is 12.1 Å². The highest BCUT2D eigenvalue weighted by Crippen LogP contribution is 2.29. The Balaban J connectivity index is 2.20. The number of hydrogen-bond donors (Lipinski definition) is 1. The number of methoxy groups -OCH3 is 1. The molecule has 1 aromatic rings. The number of likely N-dealkylation sites (tertiary alicyclic amines) is 1. The van der Waals surface area contributed by atoms with Crippen LogP contribution in [0.3, 0.4) is 0 Å². The van der Waals surface area contributed by atoms with Crippen LogP contribution in [0.2, 0.25) is 0 Å². The Morgan fingerprint density at radius 3 is 2.56 bits per heavy atom. The van der Waals surface area contributed by atoms with Crippen molar-refractivity contribution in [1.82, 2.24) is 4.90 Å². The molecule has 0 radical (unpaired) electrons. The van der Waals surface area contributed by atoms with Crippen LogP contribution in [0, 0.1) is 0 Å². The predicted octanol–water partition coefficient (Wildman–Crippen LogP) is 1.79. The van der Waals surface area contributed by atoms with Crippen LogP contribution in [0.4, 0.5) is 0 Å². The van der Waals surface area contributed by atoms with Crippen molar-refractivity contribution in [2.75, 3.05) is 20.7 Å². The molecule has 2 unspecified atom stereocenters. The van der Waals surface area contributed by atoms with Crippen molar-refractivity contribution in [2.45, 2.75) is 24.9 Å². The topological polar surface area (TPSA) is 38.5 Å². The zero-order chi connectivity index (χ0) is 11.5. The first-order valence-corrected chi connectivity index (χ1v) is 5.82. The van der Waals surface area contributed by atoms with Gasteiger partial charge in [-0.05, 0) is 44.1 Å². The number of rotatable bonds is 2. The average molecular weight is 220 g/mol. The minimum Gasteiger partial charge on any atom is -0.497 e. The Hall–Kier alpha value is -1.06. The summed E-state index contributed by atoms with van der Waals surface area (Å²) in [6.45, 7) is 1.13. The Morgan fingerprint density at radius 2 is 2.00 bits per heavy atom. The van der Waals surface area contributed by atoms with Crippen molar-refractivity contribution in [3.05, 3.63) is 29.8 Å². The van der Waals surface area contributed by atoms with Crippen LogP contribution in [0.1, 0.15) is 24.4 Å². The van der Waals surface area contributed by atoms with Crippen molar-refractivity contribution in [3.8, 4) is 5.75 Å². The molecular weight excluding hydrogens is 200 g/mol. The molecule has 0 amide bonds. The summed E-state index contributed by atoms with van der Waals surface area (Å²) in [6, 6.07) is 8.83. The molecule has 2 rings (SSSR count). The van der Waals surface area contributed by atoms with Crippen molar-refractivity contribution in [1.29, 1.82) is 0 Å². The highest BCUT2D eigenvalue weighted by molar-refractivity contribution is 5.30. The zero-order valence-corrected chi connectivity index (χ0v) is 10.0. The SMILES string of the molecule is COc1ccc(C2C(N)CCCN2C)cc1. The van der Waals surface area contributed by atoms with Gasteiger partial charge in [0, 0.05) is 12.1 Å². The molecule has 0 aliphatic carbocycles. The molecule has 1 aliphatic rings. The van der Waals surface area contributed by atoms with E-state index in [-0.39, 0.29) is 6.04 Å². The maximum atomic E-state index is 6.20. The van der Waals surface area contributed by atoms with Gasteiger partial charge in [0.2, 0.25) is 0 Å². The molecule has 1 fully saturated rings. The molecule has 0 bridgehead atoms. The molecule has 1 aliphatic heterocycles. The first kappa shape index (κ1) is 11.4. The molecule has 2 N–H and O–H groups in total. The Kier molecular flexibility index (Phi) is 3.46. The molecule has 3 nitrogen and oxygen atoms in total. The number of benzene rings is 1. The van der Waals surface area contributed by atoms with Crippen LogP contribution in [0.15, 0.2) is 24.3 Å². The van der Waals surface area contributed by atoms with Crippen molar-refractivity contribution in [2.24, 2.45) is 5.73 Å². The lowest BCUT2D eigenvalue weighted by atomic mass is 9.91. The van der Waals surface area contributed by atoms with Gasteiger partial charge in [0.25, 0.3) is 0 Å². The fourth-order valence-electron chi connectivity index (χ4n) is 2.50. The van der Waals surface area contributed by atoms with Crippen LogP contribution < -0.4 is 10.5 Å². The quantitative estimate of drug-likeness (QED) is 0.825. The first-order chi connectivity index (χ1) is 7.72. The predicted molar refractivity (Wildman–Crippen MR) is 65.6 cm³/mol. The molecular formula is C13H20N2O. The van der Waals surface area contributed by atoms with Gasteiger partial charge < -0.3 is 10.5 Å². The molecule has 16 heavy (non-hydrogen) atoms. The first-order valence-electron chi connectivity index (χ1n) is 5.82. The summed E-state index contributed by atoms with van der Waals surface area (Å²) < 4.78 is 5.17.